The molecule has 0 saturated heterocycles. The Kier molecular flexibility index (Phi) is 2.42. The molecule has 0 heterocycles. The van der Waals surface area contributed by atoms with E-state index in [0.29, 0.717) is 5.56 Å². The summed E-state index contributed by atoms with van der Waals surface area (Å²) in [6.07, 6.45) is 3.59. The van der Waals surface area contributed by atoms with Gasteiger partial charge in [0.2, 0.25) is 0 Å². The van der Waals surface area contributed by atoms with Crippen LogP contribution >= 0.6 is 0 Å². The molecule has 0 nitrogen and oxygen atoms in total. The summed E-state index contributed by atoms with van der Waals surface area (Å²) in [5.41, 5.74) is 1.61. The van der Waals surface area contributed by atoms with Gasteiger partial charge in [-0.3, -0.25) is 0 Å². The quantitative estimate of drug-likeness (QED) is 0.576. The van der Waals surface area contributed by atoms with Gasteiger partial charge < -0.3 is 0 Å². The lowest BCUT2D eigenvalue weighted by atomic mass is 10.1. The maximum atomic E-state index is 13.0. The molecule has 0 spiro atoms. The fraction of sp³-hybridized carbons (Fsp3) is 0.200. The first-order chi connectivity index (χ1) is 5.24. The van der Waals surface area contributed by atoms with E-state index in [2.05, 4.69) is 0 Å². The number of hydrogen-bond acceptors (Lipinski definition) is 0. The van der Waals surface area contributed by atoms with Gasteiger partial charge in [-0.2, -0.15) is 0 Å². The van der Waals surface area contributed by atoms with Crippen LogP contribution in [0.5, 0.6) is 0 Å². The second-order valence-electron chi connectivity index (χ2n) is 2.52. The van der Waals surface area contributed by atoms with Gasteiger partial charge in [0, 0.05) is 5.56 Å². The number of rotatable bonds is 1. The number of benzene rings is 1. The second kappa shape index (κ2) is 3.33. The highest BCUT2D eigenvalue weighted by Crippen LogP contribution is 2.10. The van der Waals surface area contributed by atoms with E-state index < -0.39 is 0 Å². The molecule has 0 atom stereocenters. The zero-order chi connectivity index (χ0) is 8.27. The van der Waals surface area contributed by atoms with E-state index in [0.717, 1.165) is 5.56 Å². The fourth-order valence-electron chi connectivity index (χ4n) is 0.947. The lowest BCUT2D eigenvalue weighted by Gasteiger charge is -1.96. The van der Waals surface area contributed by atoms with Gasteiger partial charge in [0.15, 0.2) is 0 Å². The van der Waals surface area contributed by atoms with Crippen LogP contribution < -0.4 is 0 Å². The van der Waals surface area contributed by atoms with E-state index in [1.54, 1.807) is 12.1 Å². The summed E-state index contributed by atoms with van der Waals surface area (Å²) in [5, 5.41) is 0. The molecule has 1 aromatic carbocycles. The highest BCUT2D eigenvalue weighted by atomic mass is 19.1. The molecule has 0 fully saturated rings. The molecule has 1 heteroatoms. The topological polar surface area (TPSA) is 0 Å². The normalized spacial score (nSPS) is 10.8. The number of allylic oxidation sites excluding steroid dienone is 1. The van der Waals surface area contributed by atoms with Gasteiger partial charge in [0.1, 0.15) is 5.82 Å². The summed E-state index contributed by atoms with van der Waals surface area (Å²) < 4.78 is 13.0. The minimum atomic E-state index is -0.150. The fourth-order valence-corrected chi connectivity index (χ4v) is 0.947. The first kappa shape index (κ1) is 7.99. The van der Waals surface area contributed by atoms with Crippen molar-refractivity contribution in [2.24, 2.45) is 0 Å². The van der Waals surface area contributed by atoms with Crippen molar-refractivity contribution in [1.82, 2.24) is 0 Å². The third-order valence-electron chi connectivity index (χ3n) is 1.50. The van der Waals surface area contributed by atoms with Crippen LogP contribution in [0.3, 0.4) is 0 Å². The van der Waals surface area contributed by atoms with Crippen molar-refractivity contribution in [3.63, 3.8) is 0 Å². The largest absolute Gasteiger partial charge is 0.206 e. The van der Waals surface area contributed by atoms with Gasteiger partial charge in [-0.15, -0.1) is 0 Å². The molecule has 0 aliphatic carbocycles. The Balaban J connectivity index is 3.09. The molecule has 0 unspecified atom stereocenters. The summed E-state index contributed by atoms with van der Waals surface area (Å²) >= 11 is 0. The molecule has 0 aliphatic rings. The zero-order valence-electron chi connectivity index (χ0n) is 6.76. The van der Waals surface area contributed by atoms with Crippen molar-refractivity contribution in [3.05, 3.63) is 41.2 Å². The molecule has 0 bridgehead atoms. The van der Waals surface area contributed by atoms with E-state index in [1.807, 2.05) is 26.0 Å². The van der Waals surface area contributed by atoms with Gasteiger partial charge >= 0.3 is 0 Å². The van der Waals surface area contributed by atoms with Gasteiger partial charge in [-0.1, -0.05) is 24.3 Å². The van der Waals surface area contributed by atoms with Crippen LogP contribution in [0.1, 0.15) is 18.1 Å². The zero-order valence-corrected chi connectivity index (χ0v) is 6.76. The van der Waals surface area contributed by atoms with E-state index in [4.69, 9.17) is 0 Å². The molecule has 0 N–H and O–H groups in total. The molecule has 0 aromatic heterocycles. The van der Waals surface area contributed by atoms with Crippen molar-refractivity contribution in [3.8, 4) is 0 Å². The number of halogens is 1. The lowest BCUT2D eigenvalue weighted by Crippen LogP contribution is -1.82. The molecule has 58 valence electrons. The highest BCUT2D eigenvalue weighted by Gasteiger charge is 1.96. The van der Waals surface area contributed by atoms with Gasteiger partial charge in [-0.05, 0) is 25.5 Å². The van der Waals surface area contributed by atoms with Gasteiger partial charge in [-0.25, -0.2) is 4.39 Å². The molecule has 1 aromatic rings. The summed E-state index contributed by atoms with van der Waals surface area (Å²) in [7, 11) is 0. The predicted octanol–water partition coefficient (Wildman–Crippen LogP) is 3.17. The minimum Gasteiger partial charge on any atom is -0.206 e. The Labute approximate surface area is 66.4 Å². The summed E-state index contributed by atoms with van der Waals surface area (Å²) in [6.45, 7) is 3.75. The molecular formula is C10H11F. The van der Waals surface area contributed by atoms with Crippen molar-refractivity contribution in [2.75, 3.05) is 0 Å². The summed E-state index contributed by atoms with van der Waals surface area (Å²) in [6, 6.07) is 5.22. The van der Waals surface area contributed by atoms with Crippen LogP contribution in [0.2, 0.25) is 0 Å². The Hall–Kier alpha value is -1.11. The average molecular weight is 150 g/mol. The van der Waals surface area contributed by atoms with Crippen LogP contribution in [-0.4, -0.2) is 0 Å². The van der Waals surface area contributed by atoms with Crippen LogP contribution in [-0.2, 0) is 0 Å². The molecule has 0 aliphatic heterocycles. The lowest BCUT2D eigenvalue weighted by molar-refractivity contribution is 0.624. The molecule has 0 radical (unpaired) electrons. The van der Waals surface area contributed by atoms with E-state index in [9.17, 15) is 4.39 Å². The van der Waals surface area contributed by atoms with Crippen molar-refractivity contribution >= 4 is 6.08 Å². The number of aryl methyl sites for hydroxylation is 1. The molecule has 0 amide bonds. The molecular weight excluding hydrogens is 139 g/mol. The van der Waals surface area contributed by atoms with E-state index >= 15 is 0 Å². The monoisotopic (exact) mass is 150 g/mol. The Morgan fingerprint density at radius 1 is 1.36 bits per heavy atom. The first-order valence-electron chi connectivity index (χ1n) is 3.63. The van der Waals surface area contributed by atoms with Gasteiger partial charge in [0.05, 0.1) is 0 Å². The van der Waals surface area contributed by atoms with E-state index in [-0.39, 0.29) is 5.82 Å². The smallest absolute Gasteiger partial charge is 0.130 e. The summed E-state index contributed by atoms with van der Waals surface area (Å²) in [5.74, 6) is -0.150. The van der Waals surface area contributed by atoms with Crippen LogP contribution in [0.4, 0.5) is 4.39 Å². The first-order valence-corrected chi connectivity index (χ1v) is 3.63. The third-order valence-corrected chi connectivity index (χ3v) is 1.50. The molecule has 0 saturated carbocycles. The average Bonchev–Trinajstić information content (AvgIpc) is 1.95. The Morgan fingerprint density at radius 3 is 2.64 bits per heavy atom. The predicted molar refractivity (Wildman–Crippen MR) is 45.8 cm³/mol. The SMILES string of the molecule is C/C=C/c1ccc(C)cc1F. The van der Waals surface area contributed by atoms with Crippen molar-refractivity contribution in [2.45, 2.75) is 13.8 Å². The number of hydrogen-bond donors (Lipinski definition) is 0. The highest BCUT2D eigenvalue weighted by molar-refractivity contribution is 5.50. The van der Waals surface area contributed by atoms with Crippen molar-refractivity contribution in [1.29, 1.82) is 0 Å². The maximum absolute atomic E-state index is 13.0. The standard InChI is InChI=1S/C10H11F/c1-3-4-9-6-5-8(2)7-10(9)11/h3-7H,1-2H3/b4-3+. The van der Waals surface area contributed by atoms with E-state index in [1.165, 1.54) is 6.07 Å². The second-order valence-corrected chi connectivity index (χ2v) is 2.52. The Morgan fingerprint density at radius 2 is 2.09 bits per heavy atom. The van der Waals surface area contributed by atoms with Crippen LogP contribution in [0.25, 0.3) is 6.08 Å². The van der Waals surface area contributed by atoms with Crippen LogP contribution in [0, 0.1) is 12.7 Å². The molecule has 1 rings (SSSR count). The van der Waals surface area contributed by atoms with Crippen molar-refractivity contribution < 1.29 is 4.39 Å². The maximum Gasteiger partial charge on any atom is 0.130 e. The minimum absolute atomic E-state index is 0.150. The Bertz CT molecular complexity index is 274. The molecule has 11 heavy (non-hydrogen) atoms. The van der Waals surface area contributed by atoms with Crippen LogP contribution in [0.15, 0.2) is 24.3 Å². The summed E-state index contributed by atoms with van der Waals surface area (Å²) in [4.78, 5) is 0. The van der Waals surface area contributed by atoms with Gasteiger partial charge in [0.25, 0.3) is 0 Å². The third kappa shape index (κ3) is 1.90.